The number of unbranched alkanes of at least 4 members (excludes halogenated alkanes) is 2. The third-order valence-electron chi connectivity index (χ3n) is 3.74. The predicted octanol–water partition coefficient (Wildman–Crippen LogP) is 4.07. The van der Waals surface area contributed by atoms with E-state index in [0.29, 0.717) is 17.7 Å². The molecule has 0 fully saturated rings. The molecule has 5 nitrogen and oxygen atoms in total. The van der Waals surface area contributed by atoms with Crippen molar-refractivity contribution in [1.82, 2.24) is 0 Å². The number of hydrogen-bond acceptors (Lipinski definition) is 4. The van der Waals surface area contributed by atoms with Gasteiger partial charge in [-0.25, -0.2) is 9.59 Å². The van der Waals surface area contributed by atoms with Gasteiger partial charge in [0.15, 0.2) is 0 Å². The van der Waals surface area contributed by atoms with Crippen molar-refractivity contribution in [2.75, 3.05) is 7.11 Å². The first-order chi connectivity index (χ1) is 11.5. The van der Waals surface area contributed by atoms with Crippen LogP contribution in [0.3, 0.4) is 0 Å². The molecule has 0 bridgehead atoms. The summed E-state index contributed by atoms with van der Waals surface area (Å²) in [6, 6.07) is 6.79. The molecule has 0 aliphatic rings. The summed E-state index contributed by atoms with van der Waals surface area (Å²) in [5.74, 6) is -1.42. The highest BCUT2D eigenvalue weighted by Crippen LogP contribution is 2.17. The molecule has 0 aromatic heterocycles. The summed E-state index contributed by atoms with van der Waals surface area (Å²) >= 11 is 0. The Hall–Kier alpha value is -2.30. The first-order valence-corrected chi connectivity index (χ1v) is 8.31. The van der Waals surface area contributed by atoms with Crippen LogP contribution >= 0.6 is 0 Å². The number of esters is 1. The fourth-order valence-electron chi connectivity index (χ4n) is 2.26. The van der Waals surface area contributed by atoms with Crippen LogP contribution in [0.4, 0.5) is 0 Å². The molecule has 1 atom stereocenters. The minimum absolute atomic E-state index is 0.248. The van der Waals surface area contributed by atoms with Crippen molar-refractivity contribution in [3.05, 3.63) is 35.4 Å². The van der Waals surface area contributed by atoms with E-state index in [-0.39, 0.29) is 11.7 Å². The van der Waals surface area contributed by atoms with Gasteiger partial charge in [-0.3, -0.25) is 0 Å². The van der Waals surface area contributed by atoms with Crippen molar-refractivity contribution < 1.29 is 24.2 Å². The molecule has 132 valence electrons. The van der Waals surface area contributed by atoms with Gasteiger partial charge < -0.3 is 14.6 Å². The quantitative estimate of drug-likeness (QED) is 0.230. The lowest BCUT2D eigenvalue weighted by atomic mass is 10.1. The summed E-state index contributed by atoms with van der Waals surface area (Å²) in [5, 5.41) is 9.31. The SMILES string of the molecule is CCCCCC(CC)OC(=O)C(=Cc1ccc(OC)cc1)C(=O)O. The zero-order chi connectivity index (χ0) is 17.9. The molecule has 0 radical (unpaired) electrons. The smallest absolute Gasteiger partial charge is 0.345 e. The molecule has 0 saturated carbocycles. The van der Waals surface area contributed by atoms with Gasteiger partial charge in [-0.2, -0.15) is 0 Å². The van der Waals surface area contributed by atoms with E-state index < -0.39 is 11.9 Å². The molecule has 0 amide bonds. The number of carbonyl (C=O) groups is 2. The number of hydrogen-bond donors (Lipinski definition) is 1. The van der Waals surface area contributed by atoms with Crippen molar-refractivity contribution in [2.24, 2.45) is 0 Å². The maximum Gasteiger partial charge on any atom is 0.345 e. The Morgan fingerprint density at radius 1 is 1.17 bits per heavy atom. The van der Waals surface area contributed by atoms with Gasteiger partial charge in [-0.1, -0.05) is 38.8 Å². The molecule has 24 heavy (non-hydrogen) atoms. The van der Waals surface area contributed by atoms with Crippen LogP contribution in [0, 0.1) is 0 Å². The van der Waals surface area contributed by atoms with Crippen molar-refractivity contribution in [2.45, 2.75) is 52.1 Å². The molecule has 5 heteroatoms. The van der Waals surface area contributed by atoms with Gasteiger partial charge in [0.2, 0.25) is 0 Å². The van der Waals surface area contributed by atoms with E-state index in [4.69, 9.17) is 9.47 Å². The molecule has 1 N–H and O–H groups in total. The van der Waals surface area contributed by atoms with Crippen LogP contribution < -0.4 is 4.74 Å². The van der Waals surface area contributed by atoms with E-state index in [1.54, 1.807) is 31.4 Å². The molecular weight excluding hydrogens is 308 g/mol. The fraction of sp³-hybridized carbons (Fsp3) is 0.474. The Morgan fingerprint density at radius 3 is 2.33 bits per heavy atom. The molecule has 0 aliphatic carbocycles. The lowest BCUT2D eigenvalue weighted by molar-refractivity contribution is -0.148. The van der Waals surface area contributed by atoms with Crippen LogP contribution in [0.1, 0.15) is 51.5 Å². The minimum atomic E-state index is -1.29. The van der Waals surface area contributed by atoms with E-state index in [9.17, 15) is 14.7 Å². The van der Waals surface area contributed by atoms with Gasteiger partial charge >= 0.3 is 11.9 Å². The molecule has 0 heterocycles. The van der Waals surface area contributed by atoms with Gasteiger partial charge in [-0.05, 0) is 43.0 Å². The topological polar surface area (TPSA) is 72.8 Å². The number of carbonyl (C=O) groups excluding carboxylic acids is 1. The number of benzene rings is 1. The fourth-order valence-corrected chi connectivity index (χ4v) is 2.26. The van der Waals surface area contributed by atoms with Crippen molar-refractivity contribution in [3.8, 4) is 5.75 Å². The second kappa shape index (κ2) is 10.5. The number of ether oxygens (including phenoxy) is 2. The number of rotatable bonds is 10. The zero-order valence-corrected chi connectivity index (χ0v) is 14.6. The van der Waals surface area contributed by atoms with Crippen molar-refractivity contribution >= 4 is 18.0 Å². The highest BCUT2D eigenvalue weighted by molar-refractivity contribution is 6.17. The molecule has 1 aromatic rings. The van der Waals surface area contributed by atoms with E-state index in [1.165, 1.54) is 6.08 Å². The second-order valence-electron chi connectivity index (χ2n) is 5.57. The summed E-state index contributed by atoms with van der Waals surface area (Å²) in [6.07, 6.45) is 5.62. The molecule has 0 spiro atoms. The van der Waals surface area contributed by atoms with Gasteiger partial charge in [0.05, 0.1) is 7.11 Å². The Morgan fingerprint density at radius 2 is 1.83 bits per heavy atom. The van der Waals surface area contributed by atoms with Crippen LogP contribution in [0.5, 0.6) is 5.75 Å². The predicted molar refractivity (Wildman–Crippen MR) is 92.9 cm³/mol. The first kappa shape index (κ1) is 19.7. The number of aliphatic carboxylic acids is 1. The number of carboxylic acid groups (broad SMARTS) is 1. The van der Waals surface area contributed by atoms with Gasteiger partial charge in [0.25, 0.3) is 0 Å². The van der Waals surface area contributed by atoms with Gasteiger partial charge in [0, 0.05) is 0 Å². The van der Waals surface area contributed by atoms with Gasteiger partial charge in [-0.15, -0.1) is 0 Å². The van der Waals surface area contributed by atoms with Crippen LogP contribution in [0.15, 0.2) is 29.8 Å². The Balaban J connectivity index is 2.83. The van der Waals surface area contributed by atoms with Crippen molar-refractivity contribution in [1.29, 1.82) is 0 Å². The molecule has 1 rings (SSSR count). The Kier molecular flexibility index (Phi) is 8.61. The average molecular weight is 334 g/mol. The molecule has 1 unspecified atom stereocenters. The van der Waals surface area contributed by atoms with Crippen molar-refractivity contribution in [3.63, 3.8) is 0 Å². The lowest BCUT2D eigenvalue weighted by Crippen LogP contribution is -2.22. The number of carboxylic acids is 1. The van der Waals surface area contributed by atoms with E-state index in [1.807, 2.05) is 6.92 Å². The monoisotopic (exact) mass is 334 g/mol. The Bertz CT molecular complexity index is 560. The first-order valence-electron chi connectivity index (χ1n) is 8.31. The summed E-state index contributed by atoms with van der Waals surface area (Å²) in [5.41, 5.74) is 0.235. The van der Waals surface area contributed by atoms with Crippen LogP contribution in [-0.4, -0.2) is 30.3 Å². The maximum absolute atomic E-state index is 12.2. The zero-order valence-electron chi connectivity index (χ0n) is 14.6. The third kappa shape index (κ3) is 6.44. The highest BCUT2D eigenvalue weighted by Gasteiger charge is 2.22. The largest absolute Gasteiger partial charge is 0.497 e. The maximum atomic E-state index is 12.2. The lowest BCUT2D eigenvalue weighted by Gasteiger charge is -2.16. The summed E-state index contributed by atoms with van der Waals surface area (Å²) in [7, 11) is 1.55. The van der Waals surface area contributed by atoms with Crippen LogP contribution in [0.2, 0.25) is 0 Å². The third-order valence-corrected chi connectivity index (χ3v) is 3.74. The molecule has 0 aliphatic heterocycles. The van der Waals surface area contributed by atoms with Gasteiger partial charge in [0.1, 0.15) is 17.4 Å². The van der Waals surface area contributed by atoms with E-state index in [2.05, 4.69) is 6.92 Å². The average Bonchev–Trinajstić information content (AvgIpc) is 2.59. The molecule has 0 saturated heterocycles. The van der Waals surface area contributed by atoms with E-state index >= 15 is 0 Å². The summed E-state index contributed by atoms with van der Waals surface area (Å²) in [6.45, 7) is 4.03. The molecule has 1 aromatic carbocycles. The van der Waals surface area contributed by atoms with E-state index in [0.717, 1.165) is 25.7 Å². The number of methoxy groups -OCH3 is 1. The Labute approximate surface area is 143 Å². The summed E-state index contributed by atoms with van der Waals surface area (Å²) < 4.78 is 10.4. The summed E-state index contributed by atoms with van der Waals surface area (Å²) in [4.78, 5) is 23.6. The minimum Gasteiger partial charge on any atom is -0.497 e. The van der Waals surface area contributed by atoms with Crippen LogP contribution in [-0.2, 0) is 14.3 Å². The van der Waals surface area contributed by atoms with Crippen LogP contribution in [0.25, 0.3) is 6.08 Å². The molecular formula is C19H26O5. The standard InChI is InChI=1S/C19H26O5/c1-4-6-7-8-15(5-2)24-19(22)17(18(20)21)13-14-9-11-16(23-3)12-10-14/h9-13,15H,4-8H2,1-3H3,(H,20,21). The second-order valence-corrected chi connectivity index (χ2v) is 5.57. The highest BCUT2D eigenvalue weighted by atomic mass is 16.5. The normalized spacial score (nSPS) is 12.5.